The highest BCUT2D eigenvalue weighted by Gasteiger charge is 2.36. The van der Waals surface area contributed by atoms with Gasteiger partial charge in [-0.3, -0.25) is 4.79 Å². The molecule has 5 rings (SSSR count). The van der Waals surface area contributed by atoms with E-state index in [1.54, 1.807) is 6.92 Å². The first kappa shape index (κ1) is 20.5. The minimum absolute atomic E-state index is 0.0945. The molecule has 0 saturated carbocycles. The summed E-state index contributed by atoms with van der Waals surface area (Å²) in [6.45, 7) is 9.54. The van der Waals surface area contributed by atoms with E-state index in [1.807, 2.05) is 39.8 Å². The van der Waals surface area contributed by atoms with Crippen molar-refractivity contribution in [3.8, 4) is 34.1 Å². The Hall–Kier alpha value is -3.41. The lowest BCUT2D eigenvalue weighted by atomic mass is 9.88. The first-order valence-corrected chi connectivity index (χ1v) is 10.7. The van der Waals surface area contributed by atoms with Gasteiger partial charge in [-0.05, 0) is 77.3 Å². The number of hydrogen-bond donors (Lipinski definition) is 2. The normalized spacial score (nSPS) is 17.9. The van der Waals surface area contributed by atoms with Crippen molar-refractivity contribution in [1.82, 2.24) is 0 Å². The summed E-state index contributed by atoms with van der Waals surface area (Å²) in [5.74, 6) is 0.986. The van der Waals surface area contributed by atoms with Gasteiger partial charge >= 0.3 is 0 Å². The topological polar surface area (TPSA) is 89.1 Å². The minimum atomic E-state index is -0.488. The zero-order chi connectivity index (χ0) is 23.0. The Morgan fingerprint density at radius 3 is 2.38 bits per heavy atom. The Balaban J connectivity index is 1.86. The number of hydrogen-bond acceptors (Lipinski definition) is 6. The summed E-state index contributed by atoms with van der Waals surface area (Å²) in [5, 5.41) is 20.7. The molecule has 6 heteroatoms. The van der Waals surface area contributed by atoms with Gasteiger partial charge in [-0.2, -0.15) is 0 Å². The van der Waals surface area contributed by atoms with E-state index in [-0.39, 0.29) is 22.5 Å². The first-order valence-electron chi connectivity index (χ1n) is 10.7. The van der Waals surface area contributed by atoms with Crippen LogP contribution < -0.4 is 14.9 Å². The lowest BCUT2D eigenvalue weighted by molar-refractivity contribution is 0.0827. The van der Waals surface area contributed by atoms with Crippen molar-refractivity contribution in [3.63, 3.8) is 0 Å². The van der Waals surface area contributed by atoms with Gasteiger partial charge in [0.05, 0.1) is 11.1 Å². The third kappa shape index (κ3) is 3.05. The Kier molecular flexibility index (Phi) is 4.19. The van der Waals surface area contributed by atoms with Crippen LogP contribution in [0.15, 0.2) is 33.7 Å². The van der Waals surface area contributed by atoms with Crippen LogP contribution in [0.4, 0.5) is 0 Å². The van der Waals surface area contributed by atoms with E-state index in [9.17, 15) is 15.0 Å². The summed E-state index contributed by atoms with van der Waals surface area (Å²) in [6, 6.07) is 2.91. The van der Waals surface area contributed by atoms with Crippen LogP contribution in [0.3, 0.4) is 0 Å². The standard InChI is InChI=1S/C26H26O6/c1-13-18(27)10-14(11-19(13)28)17-12-30-23-15-6-8-25(2,3)31-22(15)16-7-9-26(4,5)32-24(16)20(23)21(17)29/h6,8,10-12,27-28H,7,9H2,1-5H3. The van der Waals surface area contributed by atoms with Crippen molar-refractivity contribution in [2.75, 3.05) is 0 Å². The molecule has 0 fully saturated rings. The summed E-state index contributed by atoms with van der Waals surface area (Å²) in [4.78, 5) is 13.8. The maximum atomic E-state index is 13.8. The fourth-order valence-corrected chi connectivity index (χ4v) is 4.37. The maximum absolute atomic E-state index is 13.8. The van der Waals surface area contributed by atoms with Gasteiger partial charge in [0.1, 0.15) is 45.8 Å². The second kappa shape index (κ2) is 6.55. The highest BCUT2D eigenvalue weighted by molar-refractivity contribution is 5.97. The molecule has 166 valence electrons. The van der Waals surface area contributed by atoms with Crippen LogP contribution in [-0.2, 0) is 6.42 Å². The maximum Gasteiger partial charge on any atom is 0.204 e. The fraction of sp³-hybridized carbons (Fsp3) is 0.346. The molecule has 0 radical (unpaired) electrons. The summed E-state index contributed by atoms with van der Waals surface area (Å²) < 4.78 is 18.7. The summed E-state index contributed by atoms with van der Waals surface area (Å²) in [5.41, 5.74) is 1.72. The predicted octanol–water partition coefficient (Wildman–Crippen LogP) is 5.47. The van der Waals surface area contributed by atoms with Crippen LogP contribution in [0.1, 0.15) is 50.8 Å². The Morgan fingerprint density at radius 1 is 1.00 bits per heavy atom. The minimum Gasteiger partial charge on any atom is -0.508 e. The second-order valence-corrected chi connectivity index (χ2v) is 9.77. The van der Waals surface area contributed by atoms with Crippen molar-refractivity contribution in [1.29, 1.82) is 0 Å². The molecule has 0 atom stereocenters. The van der Waals surface area contributed by atoms with Crippen molar-refractivity contribution < 1.29 is 24.1 Å². The number of benzene rings is 2. The Morgan fingerprint density at radius 2 is 1.69 bits per heavy atom. The van der Waals surface area contributed by atoms with Gasteiger partial charge in [0.25, 0.3) is 0 Å². The Labute approximate surface area is 185 Å². The molecule has 2 N–H and O–H groups in total. The molecule has 32 heavy (non-hydrogen) atoms. The second-order valence-electron chi connectivity index (χ2n) is 9.77. The first-order chi connectivity index (χ1) is 15.0. The van der Waals surface area contributed by atoms with Gasteiger partial charge < -0.3 is 24.1 Å². The number of ether oxygens (including phenoxy) is 2. The van der Waals surface area contributed by atoms with Crippen molar-refractivity contribution >= 4 is 17.0 Å². The average Bonchev–Trinajstić information content (AvgIpc) is 2.70. The zero-order valence-corrected chi connectivity index (χ0v) is 18.8. The van der Waals surface area contributed by atoms with E-state index in [1.165, 1.54) is 18.4 Å². The van der Waals surface area contributed by atoms with Crippen LogP contribution in [0, 0.1) is 6.92 Å². The van der Waals surface area contributed by atoms with Crippen molar-refractivity contribution in [3.05, 3.63) is 51.4 Å². The number of rotatable bonds is 1. The molecule has 6 nitrogen and oxygen atoms in total. The molecule has 0 spiro atoms. The van der Waals surface area contributed by atoms with Gasteiger partial charge in [0.15, 0.2) is 5.58 Å². The van der Waals surface area contributed by atoms with E-state index in [2.05, 4.69) is 0 Å². The lowest BCUT2D eigenvalue weighted by Gasteiger charge is -2.37. The van der Waals surface area contributed by atoms with Crippen LogP contribution in [0.2, 0.25) is 0 Å². The molecule has 2 aliphatic rings. The SMILES string of the molecule is Cc1c(O)cc(-c2coc3c4c(c5c(c3c2=O)OC(C)(C)CC5)OC(C)(C)C=C4)cc1O. The number of fused-ring (bicyclic) bond motifs is 6. The summed E-state index contributed by atoms with van der Waals surface area (Å²) >= 11 is 0. The molecule has 1 aromatic heterocycles. The van der Waals surface area contributed by atoms with Crippen molar-refractivity contribution in [2.45, 2.75) is 58.7 Å². The summed E-state index contributed by atoms with van der Waals surface area (Å²) in [6.07, 6.45) is 6.74. The number of phenols is 2. The summed E-state index contributed by atoms with van der Waals surface area (Å²) in [7, 11) is 0. The van der Waals surface area contributed by atoms with Crippen molar-refractivity contribution in [2.24, 2.45) is 0 Å². The smallest absolute Gasteiger partial charge is 0.204 e. The highest BCUT2D eigenvalue weighted by Crippen LogP contribution is 2.49. The molecule has 0 unspecified atom stereocenters. The zero-order valence-electron chi connectivity index (χ0n) is 18.8. The molecule has 0 bridgehead atoms. The number of aromatic hydroxyl groups is 2. The highest BCUT2D eigenvalue weighted by atomic mass is 16.5. The molecular weight excluding hydrogens is 408 g/mol. The third-order valence-corrected chi connectivity index (χ3v) is 6.29. The largest absolute Gasteiger partial charge is 0.508 e. The molecular formula is C26H26O6. The predicted molar refractivity (Wildman–Crippen MR) is 123 cm³/mol. The van der Waals surface area contributed by atoms with E-state index < -0.39 is 11.2 Å². The van der Waals surface area contributed by atoms with Gasteiger partial charge in [-0.25, -0.2) is 0 Å². The van der Waals surface area contributed by atoms with Gasteiger partial charge in [-0.15, -0.1) is 0 Å². The Bertz CT molecular complexity index is 1350. The van der Waals surface area contributed by atoms with Crippen LogP contribution in [-0.4, -0.2) is 21.4 Å². The third-order valence-electron chi connectivity index (χ3n) is 6.29. The molecule has 2 aromatic carbocycles. The fourth-order valence-electron chi connectivity index (χ4n) is 4.37. The average molecular weight is 434 g/mol. The van der Waals surface area contributed by atoms with Gasteiger partial charge in [0.2, 0.25) is 5.43 Å². The molecule has 0 amide bonds. The molecule has 0 aliphatic carbocycles. The molecule has 3 heterocycles. The van der Waals surface area contributed by atoms with Gasteiger partial charge in [-0.1, -0.05) is 0 Å². The van der Waals surface area contributed by atoms with Crippen LogP contribution >= 0.6 is 0 Å². The van der Waals surface area contributed by atoms with Gasteiger partial charge in [0, 0.05) is 11.1 Å². The quantitative estimate of drug-likeness (QED) is 0.528. The molecule has 2 aliphatic heterocycles. The monoisotopic (exact) mass is 434 g/mol. The molecule has 3 aromatic rings. The van der Waals surface area contributed by atoms with Crippen LogP contribution in [0.5, 0.6) is 23.0 Å². The lowest BCUT2D eigenvalue weighted by Crippen LogP contribution is -2.35. The van der Waals surface area contributed by atoms with E-state index in [0.29, 0.717) is 40.0 Å². The van der Waals surface area contributed by atoms with Crippen LogP contribution in [0.25, 0.3) is 28.2 Å². The number of phenolic OH excluding ortho intramolecular Hbond substituents is 2. The van der Waals surface area contributed by atoms with E-state index >= 15 is 0 Å². The van der Waals surface area contributed by atoms with E-state index in [0.717, 1.165) is 17.5 Å². The van der Waals surface area contributed by atoms with E-state index in [4.69, 9.17) is 13.9 Å². The molecule has 0 saturated heterocycles.